The average molecular weight is 406 g/mol. The van der Waals surface area contributed by atoms with Crippen molar-refractivity contribution in [3.63, 3.8) is 0 Å². The molecule has 0 spiro atoms. The van der Waals surface area contributed by atoms with Gasteiger partial charge in [0.25, 0.3) is 0 Å². The van der Waals surface area contributed by atoms with Gasteiger partial charge in [-0.2, -0.15) is 8.42 Å². The molecule has 0 radical (unpaired) electrons. The number of fused-ring (bicyclic) bond motifs is 1. The SMILES string of the molecule is CC(C)(C)OC(=O)NC1COc2cccc(OS(=O)(=O)c3cccnc3)c2C1. The third kappa shape index (κ3) is 4.92. The average Bonchev–Trinajstić information content (AvgIpc) is 2.61. The molecule has 0 bridgehead atoms. The van der Waals surface area contributed by atoms with E-state index in [1.165, 1.54) is 24.5 Å². The van der Waals surface area contributed by atoms with Crippen molar-refractivity contribution in [3.8, 4) is 11.5 Å². The molecule has 1 aliphatic heterocycles. The highest BCUT2D eigenvalue weighted by Crippen LogP contribution is 2.34. The molecule has 2 aromatic rings. The van der Waals surface area contributed by atoms with Crippen LogP contribution in [-0.2, 0) is 21.3 Å². The monoisotopic (exact) mass is 406 g/mol. The highest BCUT2D eigenvalue weighted by atomic mass is 32.2. The van der Waals surface area contributed by atoms with Gasteiger partial charge in [-0.1, -0.05) is 6.07 Å². The summed E-state index contributed by atoms with van der Waals surface area (Å²) < 4.78 is 41.3. The van der Waals surface area contributed by atoms with Gasteiger partial charge < -0.3 is 19.0 Å². The summed E-state index contributed by atoms with van der Waals surface area (Å²) in [5, 5.41) is 2.74. The van der Waals surface area contributed by atoms with Gasteiger partial charge in [-0.25, -0.2) is 4.79 Å². The van der Waals surface area contributed by atoms with E-state index in [4.69, 9.17) is 13.7 Å². The van der Waals surface area contributed by atoms with Crippen LogP contribution in [0.1, 0.15) is 26.3 Å². The van der Waals surface area contributed by atoms with Crippen LogP contribution in [0.15, 0.2) is 47.6 Å². The smallest absolute Gasteiger partial charge is 0.408 e. The van der Waals surface area contributed by atoms with Crippen LogP contribution in [0.2, 0.25) is 0 Å². The molecular formula is C19H22N2O6S. The summed E-state index contributed by atoms with van der Waals surface area (Å²) in [6.45, 7) is 5.56. The van der Waals surface area contributed by atoms with Crippen molar-refractivity contribution in [2.24, 2.45) is 0 Å². The zero-order valence-corrected chi connectivity index (χ0v) is 16.7. The van der Waals surface area contributed by atoms with Gasteiger partial charge >= 0.3 is 16.2 Å². The first-order valence-corrected chi connectivity index (χ1v) is 10.1. The van der Waals surface area contributed by atoms with Gasteiger partial charge in [0.2, 0.25) is 0 Å². The van der Waals surface area contributed by atoms with Gasteiger partial charge in [-0.05, 0) is 45.0 Å². The number of pyridine rings is 1. The van der Waals surface area contributed by atoms with Crippen LogP contribution >= 0.6 is 0 Å². The third-order valence-electron chi connectivity index (χ3n) is 3.82. The molecule has 1 unspecified atom stereocenters. The lowest BCUT2D eigenvalue weighted by atomic mass is 10.0. The lowest BCUT2D eigenvalue weighted by Crippen LogP contribution is -2.45. The van der Waals surface area contributed by atoms with Crippen molar-refractivity contribution >= 4 is 16.2 Å². The second-order valence-electron chi connectivity index (χ2n) is 7.32. The quantitative estimate of drug-likeness (QED) is 0.779. The lowest BCUT2D eigenvalue weighted by Gasteiger charge is -2.28. The van der Waals surface area contributed by atoms with Crippen LogP contribution in [0.4, 0.5) is 4.79 Å². The Morgan fingerprint density at radius 3 is 2.71 bits per heavy atom. The molecule has 0 saturated carbocycles. The van der Waals surface area contributed by atoms with Crippen LogP contribution in [0.25, 0.3) is 0 Å². The second kappa shape index (κ2) is 7.67. The molecule has 1 amide bonds. The van der Waals surface area contributed by atoms with Gasteiger partial charge in [0.1, 0.15) is 28.6 Å². The Balaban J connectivity index is 1.78. The fourth-order valence-electron chi connectivity index (χ4n) is 2.68. The Morgan fingerprint density at radius 2 is 2.04 bits per heavy atom. The van der Waals surface area contributed by atoms with Gasteiger partial charge in [0.15, 0.2) is 0 Å². The summed E-state index contributed by atoms with van der Waals surface area (Å²) in [7, 11) is -4.04. The molecule has 9 heteroatoms. The molecule has 150 valence electrons. The standard InChI is InChI=1S/C19H22N2O6S/c1-19(2,3)26-18(22)21-13-10-15-16(25-12-13)7-4-8-17(15)27-28(23,24)14-6-5-9-20-11-14/h4-9,11,13H,10,12H2,1-3H3,(H,21,22). The molecule has 1 aliphatic rings. The summed E-state index contributed by atoms with van der Waals surface area (Å²) in [6, 6.07) is 7.46. The fourth-order valence-corrected chi connectivity index (χ4v) is 3.61. The molecule has 1 N–H and O–H groups in total. The summed E-state index contributed by atoms with van der Waals surface area (Å²) in [4.78, 5) is 15.8. The third-order valence-corrected chi connectivity index (χ3v) is 5.04. The van der Waals surface area contributed by atoms with Crippen molar-refractivity contribution in [2.45, 2.75) is 43.7 Å². The minimum atomic E-state index is -4.04. The van der Waals surface area contributed by atoms with Crippen LogP contribution < -0.4 is 14.2 Å². The van der Waals surface area contributed by atoms with E-state index in [-0.39, 0.29) is 23.3 Å². The largest absolute Gasteiger partial charge is 0.491 e. The Morgan fingerprint density at radius 1 is 1.25 bits per heavy atom. The van der Waals surface area contributed by atoms with Gasteiger partial charge in [-0.3, -0.25) is 4.98 Å². The van der Waals surface area contributed by atoms with Crippen LogP contribution in [0.5, 0.6) is 11.5 Å². The molecule has 1 atom stereocenters. The highest BCUT2D eigenvalue weighted by Gasteiger charge is 2.28. The first kappa shape index (κ1) is 19.9. The van der Waals surface area contributed by atoms with Gasteiger partial charge in [0, 0.05) is 24.4 Å². The predicted molar refractivity (Wildman–Crippen MR) is 101 cm³/mol. The van der Waals surface area contributed by atoms with Crippen molar-refractivity contribution in [1.29, 1.82) is 0 Å². The summed E-state index contributed by atoms with van der Waals surface area (Å²) >= 11 is 0. The van der Waals surface area contributed by atoms with Crippen molar-refractivity contribution in [2.75, 3.05) is 6.61 Å². The van der Waals surface area contributed by atoms with E-state index in [0.29, 0.717) is 17.7 Å². The molecule has 8 nitrogen and oxygen atoms in total. The molecule has 1 aromatic heterocycles. The second-order valence-corrected chi connectivity index (χ2v) is 8.86. The summed E-state index contributed by atoms with van der Waals surface area (Å²) in [5.41, 5.74) is -0.0638. The number of hydrogen-bond donors (Lipinski definition) is 1. The minimum absolute atomic E-state index is 0.0484. The van der Waals surface area contributed by atoms with Crippen molar-refractivity contribution in [3.05, 3.63) is 48.3 Å². The van der Waals surface area contributed by atoms with E-state index in [1.54, 1.807) is 39.0 Å². The maximum absolute atomic E-state index is 12.5. The number of carbonyl (C=O) groups is 1. The molecule has 2 heterocycles. The number of ether oxygens (including phenoxy) is 2. The highest BCUT2D eigenvalue weighted by molar-refractivity contribution is 7.87. The van der Waals surface area contributed by atoms with Crippen LogP contribution in [0, 0.1) is 0 Å². The van der Waals surface area contributed by atoms with E-state index in [0.717, 1.165) is 0 Å². The van der Waals surface area contributed by atoms with Crippen molar-refractivity contribution in [1.82, 2.24) is 10.3 Å². The number of carbonyl (C=O) groups excluding carboxylic acids is 1. The lowest BCUT2D eigenvalue weighted by molar-refractivity contribution is 0.0481. The number of alkyl carbamates (subject to hydrolysis) is 1. The first-order valence-electron chi connectivity index (χ1n) is 8.73. The number of hydrogen-bond acceptors (Lipinski definition) is 7. The van der Waals surface area contributed by atoms with E-state index in [9.17, 15) is 13.2 Å². The Labute approximate surface area is 164 Å². The molecule has 3 rings (SSSR count). The van der Waals surface area contributed by atoms with Crippen LogP contribution in [0.3, 0.4) is 0 Å². The van der Waals surface area contributed by atoms with E-state index >= 15 is 0 Å². The fraction of sp³-hybridized carbons (Fsp3) is 0.368. The molecule has 0 saturated heterocycles. The Kier molecular flexibility index (Phi) is 5.46. The Bertz CT molecular complexity index is 954. The number of rotatable bonds is 4. The van der Waals surface area contributed by atoms with E-state index in [2.05, 4.69) is 10.3 Å². The summed E-state index contributed by atoms with van der Waals surface area (Å²) in [5.74, 6) is 0.665. The minimum Gasteiger partial charge on any atom is -0.491 e. The van der Waals surface area contributed by atoms with E-state index in [1.807, 2.05) is 0 Å². The number of nitrogens with one attached hydrogen (secondary N) is 1. The molecular weight excluding hydrogens is 384 g/mol. The topological polar surface area (TPSA) is 104 Å². The molecule has 1 aromatic carbocycles. The maximum Gasteiger partial charge on any atom is 0.408 e. The van der Waals surface area contributed by atoms with Crippen molar-refractivity contribution < 1.29 is 26.9 Å². The normalized spacial score (nSPS) is 16.5. The number of nitrogens with zero attached hydrogens (tertiary/aromatic N) is 1. The number of aromatic nitrogens is 1. The molecule has 0 aliphatic carbocycles. The van der Waals surface area contributed by atoms with E-state index < -0.39 is 21.8 Å². The Hall–Kier alpha value is -2.81. The molecule has 28 heavy (non-hydrogen) atoms. The van der Waals surface area contributed by atoms with Crippen LogP contribution in [-0.4, -0.2) is 37.7 Å². The zero-order valence-electron chi connectivity index (χ0n) is 15.8. The maximum atomic E-state index is 12.5. The summed E-state index contributed by atoms with van der Waals surface area (Å²) in [6.07, 6.45) is 2.47. The zero-order chi connectivity index (χ0) is 20.4. The number of amides is 1. The van der Waals surface area contributed by atoms with Gasteiger partial charge in [-0.15, -0.1) is 0 Å². The predicted octanol–water partition coefficient (Wildman–Crippen LogP) is 2.68. The molecule has 0 fully saturated rings. The van der Waals surface area contributed by atoms with Gasteiger partial charge in [0.05, 0.1) is 6.04 Å². The number of benzene rings is 1. The first-order chi connectivity index (χ1) is 13.1.